The van der Waals surface area contributed by atoms with Crippen LogP contribution in [0.2, 0.25) is 0 Å². The Morgan fingerprint density at radius 2 is 2.17 bits per heavy atom. The van der Waals surface area contributed by atoms with Gasteiger partial charge in [0.05, 0.1) is 31.6 Å². The Labute approximate surface area is 108 Å². The van der Waals surface area contributed by atoms with E-state index in [0.29, 0.717) is 39.5 Å². The van der Waals surface area contributed by atoms with Gasteiger partial charge in [0.15, 0.2) is 0 Å². The molecular formula is C13H22N2O3. The lowest BCUT2D eigenvalue weighted by molar-refractivity contribution is 0.00641. The molecule has 1 aromatic rings. The predicted molar refractivity (Wildman–Crippen MR) is 69.3 cm³/mol. The molecule has 0 amide bonds. The van der Waals surface area contributed by atoms with E-state index in [1.807, 2.05) is 25.1 Å². The fraction of sp³-hybridized carbons (Fsp3) is 0.615. The first-order valence-electron chi connectivity index (χ1n) is 6.27. The summed E-state index contributed by atoms with van der Waals surface area (Å²) in [6.45, 7) is 5.19. The molecule has 0 aliphatic heterocycles. The van der Waals surface area contributed by atoms with Crippen LogP contribution in [0.1, 0.15) is 12.6 Å². The van der Waals surface area contributed by atoms with E-state index in [4.69, 9.17) is 9.47 Å². The molecule has 0 spiro atoms. The van der Waals surface area contributed by atoms with E-state index in [2.05, 4.69) is 10.3 Å². The molecule has 0 aromatic carbocycles. The van der Waals surface area contributed by atoms with Crippen LogP contribution in [0.5, 0.6) is 0 Å². The van der Waals surface area contributed by atoms with Crippen LogP contribution in [0.25, 0.3) is 0 Å². The molecule has 1 heterocycles. The van der Waals surface area contributed by atoms with Gasteiger partial charge in [-0.25, -0.2) is 0 Å². The van der Waals surface area contributed by atoms with Gasteiger partial charge in [0.25, 0.3) is 0 Å². The van der Waals surface area contributed by atoms with E-state index in [9.17, 15) is 5.11 Å². The first-order valence-corrected chi connectivity index (χ1v) is 6.27. The Balaban J connectivity index is 1.98. The molecule has 2 N–H and O–H groups in total. The van der Waals surface area contributed by atoms with E-state index in [0.717, 1.165) is 5.69 Å². The van der Waals surface area contributed by atoms with Gasteiger partial charge in [0.1, 0.15) is 0 Å². The van der Waals surface area contributed by atoms with Gasteiger partial charge in [-0.1, -0.05) is 6.07 Å². The van der Waals surface area contributed by atoms with Crippen LogP contribution < -0.4 is 5.32 Å². The molecule has 0 aliphatic rings. The number of aliphatic hydroxyl groups excluding tert-OH is 1. The topological polar surface area (TPSA) is 63.6 Å². The monoisotopic (exact) mass is 254 g/mol. The Hall–Kier alpha value is -1.01. The Morgan fingerprint density at radius 3 is 2.89 bits per heavy atom. The molecule has 1 aromatic heterocycles. The number of rotatable bonds is 10. The molecule has 1 atom stereocenters. The zero-order valence-corrected chi connectivity index (χ0v) is 10.8. The van der Waals surface area contributed by atoms with E-state index >= 15 is 0 Å². The number of nitrogens with zero attached hydrogens (tertiary/aromatic N) is 1. The molecule has 5 nitrogen and oxygen atoms in total. The molecule has 0 fully saturated rings. The Kier molecular flexibility index (Phi) is 8.33. The average molecular weight is 254 g/mol. The first kappa shape index (κ1) is 15.0. The van der Waals surface area contributed by atoms with Crippen LogP contribution in [0.4, 0.5) is 0 Å². The van der Waals surface area contributed by atoms with Crippen LogP contribution in [-0.2, 0) is 16.0 Å². The van der Waals surface area contributed by atoms with Crippen molar-refractivity contribution in [3.05, 3.63) is 30.1 Å². The summed E-state index contributed by atoms with van der Waals surface area (Å²) in [6, 6.07) is 5.76. The maximum atomic E-state index is 9.63. The van der Waals surface area contributed by atoms with Gasteiger partial charge >= 0.3 is 0 Å². The second-order valence-electron chi connectivity index (χ2n) is 3.88. The number of aliphatic hydroxyl groups is 1. The van der Waals surface area contributed by atoms with Gasteiger partial charge in [-0.05, 0) is 19.1 Å². The minimum Gasteiger partial charge on any atom is -0.389 e. The van der Waals surface area contributed by atoms with Gasteiger partial charge in [-0.2, -0.15) is 0 Å². The molecular weight excluding hydrogens is 232 g/mol. The van der Waals surface area contributed by atoms with Crippen molar-refractivity contribution in [3.8, 4) is 0 Å². The van der Waals surface area contributed by atoms with E-state index in [1.54, 1.807) is 6.20 Å². The number of nitrogens with one attached hydrogen (secondary N) is 1. The van der Waals surface area contributed by atoms with Crippen molar-refractivity contribution in [2.45, 2.75) is 19.6 Å². The molecule has 0 saturated heterocycles. The number of hydrogen-bond acceptors (Lipinski definition) is 5. The molecule has 0 saturated carbocycles. The summed E-state index contributed by atoms with van der Waals surface area (Å²) in [7, 11) is 0. The Morgan fingerprint density at radius 1 is 1.33 bits per heavy atom. The van der Waals surface area contributed by atoms with Crippen molar-refractivity contribution >= 4 is 0 Å². The highest BCUT2D eigenvalue weighted by molar-refractivity contribution is 5.02. The van der Waals surface area contributed by atoms with Gasteiger partial charge in [0.2, 0.25) is 0 Å². The maximum absolute atomic E-state index is 9.63. The number of hydrogen-bond donors (Lipinski definition) is 2. The second-order valence-corrected chi connectivity index (χ2v) is 3.88. The van der Waals surface area contributed by atoms with E-state index in [1.165, 1.54) is 0 Å². The van der Waals surface area contributed by atoms with Crippen molar-refractivity contribution in [2.24, 2.45) is 0 Å². The van der Waals surface area contributed by atoms with Crippen molar-refractivity contribution in [1.82, 2.24) is 10.3 Å². The van der Waals surface area contributed by atoms with Gasteiger partial charge in [0, 0.05) is 25.9 Å². The van der Waals surface area contributed by atoms with Crippen LogP contribution >= 0.6 is 0 Å². The van der Waals surface area contributed by atoms with E-state index < -0.39 is 6.10 Å². The molecule has 18 heavy (non-hydrogen) atoms. The standard InChI is InChI=1S/C13H22N2O3/c1-2-17-7-8-18-11-13(16)10-14-9-12-5-3-4-6-15-12/h3-6,13-14,16H,2,7-11H2,1H3. The summed E-state index contributed by atoms with van der Waals surface area (Å²) in [4.78, 5) is 4.18. The lowest BCUT2D eigenvalue weighted by atomic mass is 10.3. The molecule has 1 unspecified atom stereocenters. The highest BCUT2D eigenvalue weighted by atomic mass is 16.5. The third-order valence-electron chi connectivity index (χ3n) is 2.30. The molecule has 0 aliphatic carbocycles. The number of ether oxygens (including phenoxy) is 2. The summed E-state index contributed by atoms with van der Waals surface area (Å²) in [5, 5.41) is 12.8. The molecule has 1 rings (SSSR count). The zero-order valence-electron chi connectivity index (χ0n) is 10.8. The van der Waals surface area contributed by atoms with Gasteiger partial charge in [-0.15, -0.1) is 0 Å². The lowest BCUT2D eigenvalue weighted by Gasteiger charge is -2.12. The normalized spacial score (nSPS) is 12.6. The van der Waals surface area contributed by atoms with Crippen molar-refractivity contribution in [2.75, 3.05) is 33.0 Å². The van der Waals surface area contributed by atoms with Gasteiger partial charge < -0.3 is 19.9 Å². The summed E-state index contributed by atoms with van der Waals surface area (Å²) < 4.78 is 10.4. The van der Waals surface area contributed by atoms with Crippen LogP contribution in [0, 0.1) is 0 Å². The van der Waals surface area contributed by atoms with E-state index in [-0.39, 0.29) is 0 Å². The average Bonchev–Trinajstić information content (AvgIpc) is 2.40. The second kappa shape index (κ2) is 9.96. The smallest absolute Gasteiger partial charge is 0.0897 e. The summed E-state index contributed by atoms with van der Waals surface area (Å²) in [5.74, 6) is 0. The summed E-state index contributed by atoms with van der Waals surface area (Å²) >= 11 is 0. The third kappa shape index (κ3) is 7.34. The lowest BCUT2D eigenvalue weighted by Crippen LogP contribution is -2.30. The molecule has 5 heteroatoms. The summed E-state index contributed by atoms with van der Waals surface area (Å²) in [5.41, 5.74) is 0.960. The highest BCUT2D eigenvalue weighted by Gasteiger charge is 2.03. The molecule has 0 bridgehead atoms. The highest BCUT2D eigenvalue weighted by Crippen LogP contribution is 1.92. The van der Waals surface area contributed by atoms with Crippen LogP contribution in [-0.4, -0.2) is 49.2 Å². The SMILES string of the molecule is CCOCCOCC(O)CNCc1ccccn1. The largest absolute Gasteiger partial charge is 0.389 e. The minimum atomic E-state index is -0.504. The fourth-order valence-corrected chi connectivity index (χ4v) is 1.41. The zero-order chi connectivity index (χ0) is 13.1. The van der Waals surface area contributed by atoms with Crippen LogP contribution in [0.3, 0.4) is 0 Å². The van der Waals surface area contributed by atoms with Gasteiger partial charge in [-0.3, -0.25) is 4.98 Å². The number of aromatic nitrogens is 1. The quantitative estimate of drug-likeness (QED) is 0.598. The Bertz CT molecular complexity index is 296. The minimum absolute atomic E-state index is 0.322. The van der Waals surface area contributed by atoms with Crippen molar-refractivity contribution in [1.29, 1.82) is 0 Å². The maximum Gasteiger partial charge on any atom is 0.0897 e. The molecule has 102 valence electrons. The molecule has 0 radical (unpaired) electrons. The van der Waals surface area contributed by atoms with Crippen molar-refractivity contribution in [3.63, 3.8) is 0 Å². The number of pyridine rings is 1. The van der Waals surface area contributed by atoms with Crippen molar-refractivity contribution < 1.29 is 14.6 Å². The first-order chi connectivity index (χ1) is 8.83. The summed E-state index contributed by atoms with van der Waals surface area (Å²) in [6.07, 6.45) is 1.25. The van der Waals surface area contributed by atoms with Crippen LogP contribution in [0.15, 0.2) is 24.4 Å². The predicted octanol–water partition coefficient (Wildman–Crippen LogP) is 0.585. The third-order valence-corrected chi connectivity index (χ3v) is 2.30. The fourth-order valence-electron chi connectivity index (χ4n) is 1.41.